The summed E-state index contributed by atoms with van der Waals surface area (Å²) in [6, 6.07) is 6.28. The smallest absolute Gasteiger partial charge is 0.160 e. The van der Waals surface area contributed by atoms with Crippen molar-refractivity contribution in [2.24, 2.45) is 0 Å². The lowest BCUT2D eigenvalue weighted by Crippen LogP contribution is -1.97. The number of hydrogen-bond donors (Lipinski definition) is 1. The fraction of sp³-hybridized carbons (Fsp3) is 0.154. The van der Waals surface area contributed by atoms with Crippen molar-refractivity contribution in [2.75, 3.05) is 12.4 Å². The van der Waals surface area contributed by atoms with Crippen LogP contribution in [0.15, 0.2) is 30.5 Å². The van der Waals surface area contributed by atoms with E-state index in [0.717, 1.165) is 11.4 Å². The second kappa shape index (κ2) is 5.23. The first-order chi connectivity index (χ1) is 8.60. The largest absolute Gasteiger partial charge is 0.493 e. The van der Waals surface area contributed by atoms with Gasteiger partial charge in [-0.2, -0.15) is 0 Å². The number of nitrogens with one attached hydrogen (secondary N) is 1. The first kappa shape index (κ1) is 12.6. The van der Waals surface area contributed by atoms with Gasteiger partial charge >= 0.3 is 0 Å². The molecule has 2 rings (SSSR count). The number of aryl methyl sites for hydroxylation is 1. The Labute approximate surface area is 110 Å². The fourth-order valence-corrected chi connectivity index (χ4v) is 1.72. The number of nitrogens with zero attached hydrogens (tertiary/aromatic N) is 1. The molecule has 0 aliphatic rings. The zero-order valence-corrected chi connectivity index (χ0v) is 10.8. The van der Waals surface area contributed by atoms with Gasteiger partial charge in [0.1, 0.15) is 5.82 Å². The van der Waals surface area contributed by atoms with E-state index < -0.39 is 5.82 Å². The lowest BCUT2D eigenvalue weighted by molar-refractivity contribution is 0.415. The maximum Gasteiger partial charge on any atom is 0.160 e. The molecular formula is C13H12ClFN2O. The summed E-state index contributed by atoms with van der Waals surface area (Å²) in [6.45, 7) is 1.88. The van der Waals surface area contributed by atoms with Gasteiger partial charge in [0.15, 0.2) is 5.75 Å². The molecule has 0 aliphatic heterocycles. The third kappa shape index (κ3) is 2.71. The Bertz CT molecular complexity index is 575. The van der Waals surface area contributed by atoms with Crippen molar-refractivity contribution in [3.8, 4) is 5.75 Å². The molecule has 0 atom stereocenters. The van der Waals surface area contributed by atoms with E-state index in [2.05, 4.69) is 10.3 Å². The molecule has 2 aromatic rings. The quantitative estimate of drug-likeness (QED) is 0.914. The number of ether oxygens (including phenoxy) is 1. The van der Waals surface area contributed by atoms with Crippen LogP contribution >= 0.6 is 11.6 Å². The average molecular weight is 267 g/mol. The highest BCUT2D eigenvalue weighted by atomic mass is 35.5. The van der Waals surface area contributed by atoms with E-state index in [4.69, 9.17) is 16.3 Å². The van der Waals surface area contributed by atoms with Crippen LogP contribution in [0, 0.1) is 12.7 Å². The predicted molar refractivity (Wildman–Crippen MR) is 70.2 cm³/mol. The van der Waals surface area contributed by atoms with Crippen LogP contribution in [0.25, 0.3) is 0 Å². The molecule has 0 fully saturated rings. The molecule has 0 saturated carbocycles. The van der Waals surface area contributed by atoms with Crippen molar-refractivity contribution in [2.45, 2.75) is 6.92 Å². The van der Waals surface area contributed by atoms with Gasteiger partial charge in [-0.3, -0.25) is 4.98 Å². The Balaban J connectivity index is 2.33. The predicted octanol–water partition coefficient (Wildman–Crippen LogP) is 3.93. The summed E-state index contributed by atoms with van der Waals surface area (Å²) in [7, 11) is 1.56. The monoisotopic (exact) mass is 266 g/mol. The number of benzene rings is 1. The molecule has 18 heavy (non-hydrogen) atoms. The van der Waals surface area contributed by atoms with E-state index in [-0.39, 0.29) is 5.02 Å². The molecule has 1 aromatic carbocycles. The third-order valence-electron chi connectivity index (χ3n) is 2.42. The first-order valence-electron chi connectivity index (χ1n) is 5.33. The van der Waals surface area contributed by atoms with E-state index in [9.17, 15) is 4.39 Å². The highest BCUT2D eigenvalue weighted by Crippen LogP contribution is 2.29. The van der Waals surface area contributed by atoms with E-state index in [0.29, 0.717) is 11.4 Å². The standard InChI is InChI=1S/C13H12ClFN2O/c1-8-5-12(13(18-2)7-16-8)17-9-3-4-11(15)10(14)6-9/h3-7H,1-2H3,(H,16,17). The minimum Gasteiger partial charge on any atom is -0.493 e. The van der Waals surface area contributed by atoms with E-state index in [1.54, 1.807) is 19.4 Å². The summed E-state index contributed by atoms with van der Waals surface area (Å²) < 4.78 is 18.2. The molecule has 3 nitrogen and oxygen atoms in total. The van der Waals surface area contributed by atoms with E-state index in [1.165, 1.54) is 12.1 Å². The Morgan fingerprint density at radius 3 is 2.78 bits per heavy atom. The van der Waals surface area contributed by atoms with Crippen LogP contribution in [0.5, 0.6) is 5.75 Å². The number of halogens is 2. The second-order valence-corrected chi connectivity index (χ2v) is 4.19. The summed E-state index contributed by atoms with van der Waals surface area (Å²) in [5, 5.41) is 3.19. The topological polar surface area (TPSA) is 34.1 Å². The lowest BCUT2D eigenvalue weighted by atomic mass is 10.2. The van der Waals surface area contributed by atoms with Crippen molar-refractivity contribution in [1.29, 1.82) is 0 Å². The van der Waals surface area contributed by atoms with Gasteiger partial charge in [0.2, 0.25) is 0 Å². The number of methoxy groups -OCH3 is 1. The van der Waals surface area contributed by atoms with Crippen molar-refractivity contribution in [3.05, 3.63) is 47.0 Å². The minimum atomic E-state index is -0.444. The molecule has 0 saturated heterocycles. The number of pyridine rings is 1. The molecule has 1 heterocycles. The van der Waals surface area contributed by atoms with Crippen LogP contribution in [0.1, 0.15) is 5.69 Å². The summed E-state index contributed by atoms with van der Waals surface area (Å²) in [5.41, 5.74) is 2.30. The van der Waals surface area contributed by atoms with E-state index in [1.807, 2.05) is 13.0 Å². The minimum absolute atomic E-state index is 0.0738. The molecule has 1 N–H and O–H groups in total. The van der Waals surface area contributed by atoms with Crippen molar-refractivity contribution in [1.82, 2.24) is 4.98 Å². The highest BCUT2D eigenvalue weighted by molar-refractivity contribution is 6.31. The SMILES string of the molecule is COc1cnc(C)cc1Nc1ccc(F)c(Cl)c1. The number of rotatable bonds is 3. The number of hydrogen-bond acceptors (Lipinski definition) is 3. The second-order valence-electron chi connectivity index (χ2n) is 3.78. The Hall–Kier alpha value is -1.81. The van der Waals surface area contributed by atoms with Gasteiger partial charge in [0, 0.05) is 11.4 Å². The molecule has 0 aliphatic carbocycles. The van der Waals surface area contributed by atoms with Gasteiger partial charge < -0.3 is 10.1 Å². The molecule has 0 amide bonds. The van der Waals surface area contributed by atoms with Crippen molar-refractivity contribution in [3.63, 3.8) is 0 Å². The Morgan fingerprint density at radius 1 is 1.33 bits per heavy atom. The molecule has 0 spiro atoms. The number of aromatic nitrogens is 1. The summed E-state index contributed by atoms with van der Waals surface area (Å²) in [4.78, 5) is 4.13. The summed E-state index contributed by atoms with van der Waals surface area (Å²) >= 11 is 5.73. The summed E-state index contributed by atoms with van der Waals surface area (Å²) in [6.07, 6.45) is 1.63. The zero-order valence-electron chi connectivity index (χ0n) is 10.00. The molecule has 0 radical (unpaired) electrons. The first-order valence-corrected chi connectivity index (χ1v) is 5.70. The average Bonchev–Trinajstić information content (AvgIpc) is 2.34. The highest BCUT2D eigenvalue weighted by Gasteiger charge is 2.06. The van der Waals surface area contributed by atoms with Gasteiger partial charge in [-0.15, -0.1) is 0 Å². The molecule has 0 bridgehead atoms. The fourth-order valence-electron chi connectivity index (χ4n) is 1.54. The normalized spacial score (nSPS) is 10.2. The van der Waals surface area contributed by atoms with Crippen LogP contribution in [-0.2, 0) is 0 Å². The molecule has 1 aromatic heterocycles. The molecule has 5 heteroatoms. The van der Waals surface area contributed by atoms with Crippen LogP contribution in [0.4, 0.5) is 15.8 Å². The maximum atomic E-state index is 13.1. The van der Waals surface area contributed by atoms with Gasteiger partial charge in [0.25, 0.3) is 0 Å². The van der Waals surface area contributed by atoms with Crippen LogP contribution in [0.2, 0.25) is 5.02 Å². The molecule has 94 valence electrons. The van der Waals surface area contributed by atoms with Crippen LogP contribution in [-0.4, -0.2) is 12.1 Å². The maximum absolute atomic E-state index is 13.1. The van der Waals surface area contributed by atoms with Gasteiger partial charge in [-0.25, -0.2) is 4.39 Å². The van der Waals surface area contributed by atoms with Crippen LogP contribution < -0.4 is 10.1 Å². The van der Waals surface area contributed by atoms with E-state index >= 15 is 0 Å². The third-order valence-corrected chi connectivity index (χ3v) is 2.71. The Kier molecular flexibility index (Phi) is 3.67. The van der Waals surface area contributed by atoms with Crippen molar-refractivity contribution < 1.29 is 9.13 Å². The molecular weight excluding hydrogens is 255 g/mol. The van der Waals surface area contributed by atoms with Gasteiger partial charge in [0.05, 0.1) is 24.0 Å². The molecule has 0 unspecified atom stereocenters. The van der Waals surface area contributed by atoms with Crippen molar-refractivity contribution >= 4 is 23.0 Å². The summed E-state index contributed by atoms with van der Waals surface area (Å²) in [5.74, 6) is 0.168. The Morgan fingerprint density at radius 2 is 2.11 bits per heavy atom. The van der Waals surface area contributed by atoms with Gasteiger partial charge in [-0.1, -0.05) is 11.6 Å². The van der Waals surface area contributed by atoms with Gasteiger partial charge in [-0.05, 0) is 31.2 Å². The number of anilines is 2. The lowest BCUT2D eigenvalue weighted by Gasteiger charge is -2.11. The van der Waals surface area contributed by atoms with Crippen LogP contribution in [0.3, 0.4) is 0 Å². The zero-order chi connectivity index (χ0) is 13.1.